The lowest BCUT2D eigenvalue weighted by Crippen LogP contribution is -2.39. The summed E-state index contributed by atoms with van der Waals surface area (Å²) in [5.74, 6) is -3.49. The number of allylic oxidation sites excluding steroid dienone is 3. The Labute approximate surface area is 161 Å². The number of hydrogen-bond donors (Lipinski definition) is 0. The molecule has 0 amide bonds. The van der Waals surface area contributed by atoms with Crippen molar-refractivity contribution in [1.29, 1.82) is 0 Å². The highest BCUT2D eigenvalue weighted by atomic mass is 19.2. The third-order valence-electron chi connectivity index (χ3n) is 4.72. The Morgan fingerprint density at radius 1 is 1.18 bits per heavy atom. The standard InChI is InChI=1S/C20H21F3N2O3/c1-5-27-20(26)18-12(3)24(4)25-16(18)8-11(2)9-17(25)28-10-13-14(21)6-7-15(22)19(13)23/h6-9,12H,5,10H2,1-4H3. The lowest BCUT2D eigenvalue weighted by Gasteiger charge is -2.33. The van der Waals surface area contributed by atoms with Gasteiger partial charge in [0.1, 0.15) is 12.4 Å². The lowest BCUT2D eigenvalue weighted by atomic mass is 10.1. The van der Waals surface area contributed by atoms with E-state index in [1.165, 1.54) is 0 Å². The Morgan fingerprint density at radius 3 is 2.54 bits per heavy atom. The van der Waals surface area contributed by atoms with E-state index >= 15 is 0 Å². The summed E-state index contributed by atoms with van der Waals surface area (Å²) in [4.78, 5) is 12.4. The first-order valence-electron chi connectivity index (χ1n) is 8.85. The van der Waals surface area contributed by atoms with Crippen LogP contribution in [0.3, 0.4) is 0 Å². The predicted molar refractivity (Wildman–Crippen MR) is 95.7 cm³/mol. The zero-order valence-corrected chi connectivity index (χ0v) is 16.1. The minimum atomic E-state index is -1.28. The molecule has 1 unspecified atom stereocenters. The molecule has 1 aromatic carbocycles. The van der Waals surface area contributed by atoms with E-state index in [4.69, 9.17) is 9.47 Å². The number of rotatable bonds is 5. The van der Waals surface area contributed by atoms with E-state index in [0.29, 0.717) is 11.3 Å². The van der Waals surface area contributed by atoms with Gasteiger partial charge in [0, 0.05) is 13.1 Å². The van der Waals surface area contributed by atoms with Crippen molar-refractivity contribution in [3.8, 4) is 0 Å². The van der Waals surface area contributed by atoms with Crippen molar-refractivity contribution in [2.24, 2.45) is 0 Å². The number of hydrazine groups is 1. The highest BCUT2D eigenvalue weighted by Gasteiger charge is 2.41. The molecule has 2 aliphatic rings. The number of halogens is 3. The maximum Gasteiger partial charge on any atom is 0.337 e. The fraction of sp³-hybridized carbons (Fsp3) is 0.350. The number of carbonyl (C=O) groups is 1. The van der Waals surface area contributed by atoms with Gasteiger partial charge in [0.05, 0.1) is 29.5 Å². The van der Waals surface area contributed by atoms with Crippen LogP contribution in [-0.4, -0.2) is 35.7 Å². The van der Waals surface area contributed by atoms with Gasteiger partial charge in [-0.15, -0.1) is 0 Å². The van der Waals surface area contributed by atoms with Gasteiger partial charge in [-0.1, -0.05) is 0 Å². The molecule has 0 aliphatic carbocycles. The van der Waals surface area contributed by atoms with Gasteiger partial charge in [-0.05, 0) is 44.6 Å². The second kappa shape index (κ2) is 7.71. The molecule has 0 aromatic heterocycles. The molecule has 3 rings (SSSR count). The maximum absolute atomic E-state index is 13.9. The molecule has 8 heteroatoms. The van der Waals surface area contributed by atoms with Crippen LogP contribution in [0.25, 0.3) is 0 Å². The molecule has 0 fully saturated rings. The Morgan fingerprint density at radius 2 is 1.86 bits per heavy atom. The number of nitrogens with zero attached hydrogens (tertiary/aromatic N) is 2. The number of benzene rings is 1. The SMILES string of the molecule is CCOC(=O)C1=C2C=C(C)C=C(OCc3c(F)ccc(F)c3F)N2N(C)C1C. The molecule has 2 heterocycles. The van der Waals surface area contributed by atoms with E-state index in [0.717, 1.165) is 17.7 Å². The Hall–Kier alpha value is -2.74. The van der Waals surface area contributed by atoms with Gasteiger partial charge in [-0.3, -0.25) is 0 Å². The quantitative estimate of drug-likeness (QED) is 0.562. The Kier molecular flexibility index (Phi) is 5.51. The summed E-state index contributed by atoms with van der Waals surface area (Å²) in [5, 5.41) is 3.40. The Balaban J connectivity index is 1.93. The van der Waals surface area contributed by atoms with Crippen LogP contribution in [0.4, 0.5) is 13.2 Å². The van der Waals surface area contributed by atoms with Gasteiger partial charge >= 0.3 is 5.97 Å². The zero-order chi connectivity index (χ0) is 20.6. The highest BCUT2D eigenvalue weighted by molar-refractivity contribution is 5.92. The Bertz CT molecular complexity index is 908. The molecule has 1 aromatic rings. The zero-order valence-electron chi connectivity index (χ0n) is 16.1. The van der Waals surface area contributed by atoms with Gasteiger partial charge in [-0.25, -0.2) is 28.0 Å². The number of ether oxygens (including phenoxy) is 2. The maximum atomic E-state index is 13.9. The highest BCUT2D eigenvalue weighted by Crippen LogP contribution is 2.37. The second-order valence-electron chi connectivity index (χ2n) is 6.56. The van der Waals surface area contributed by atoms with E-state index in [1.54, 1.807) is 30.1 Å². The van der Waals surface area contributed by atoms with Gasteiger partial charge in [0.15, 0.2) is 11.6 Å². The van der Waals surface area contributed by atoms with Gasteiger partial charge < -0.3 is 9.47 Å². The van der Waals surface area contributed by atoms with Crippen molar-refractivity contribution >= 4 is 5.97 Å². The summed E-state index contributed by atoms with van der Waals surface area (Å²) in [5.41, 5.74) is 1.31. The van der Waals surface area contributed by atoms with E-state index in [2.05, 4.69) is 0 Å². The first-order chi connectivity index (χ1) is 13.3. The summed E-state index contributed by atoms with van der Waals surface area (Å²) < 4.78 is 52.1. The van der Waals surface area contributed by atoms with E-state index in [9.17, 15) is 18.0 Å². The molecular weight excluding hydrogens is 373 g/mol. The minimum absolute atomic E-state index is 0.242. The summed E-state index contributed by atoms with van der Waals surface area (Å²) in [7, 11) is 1.76. The normalized spacial score (nSPS) is 19.4. The van der Waals surface area contributed by atoms with Crippen LogP contribution in [0, 0.1) is 17.5 Å². The smallest absolute Gasteiger partial charge is 0.337 e. The first kappa shape index (κ1) is 20.0. The van der Waals surface area contributed by atoms with E-state index in [-0.39, 0.29) is 18.5 Å². The molecule has 28 heavy (non-hydrogen) atoms. The molecule has 0 saturated heterocycles. The van der Waals surface area contributed by atoms with Crippen LogP contribution >= 0.6 is 0 Å². The van der Waals surface area contributed by atoms with Gasteiger partial charge in [-0.2, -0.15) is 0 Å². The summed E-state index contributed by atoms with van der Waals surface area (Å²) in [6, 6.07) is 1.28. The monoisotopic (exact) mass is 394 g/mol. The van der Waals surface area contributed by atoms with E-state index < -0.39 is 35.6 Å². The minimum Gasteiger partial charge on any atom is -0.473 e. The summed E-state index contributed by atoms with van der Waals surface area (Å²) >= 11 is 0. The largest absolute Gasteiger partial charge is 0.473 e. The molecular formula is C20H21F3N2O3. The third-order valence-corrected chi connectivity index (χ3v) is 4.72. The van der Waals surface area contributed by atoms with E-state index in [1.807, 2.05) is 19.9 Å². The molecule has 0 N–H and O–H groups in total. The number of fused-ring (bicyclic) bond motifs is 1. The summed E-state index contributed by atoms with van der Waals surface area (Å²) in [6.07, 6.45) is 3.48. The van der Waals surface area contributed by atoms with Crippen molar-refractivity contribution in [3.63, 3.8) is 0 Å². The van der Waals surface area contributed by atoms with Crippen LogP contribution in [-0.2, 0) is 20.9 Å². The predicted octanol–water partition coefficient (Wildman–Crippen LogP) is 3.79. The second-order valence-corrected chi connectivity index (χ2v) is 6.56. The van der Waals surface area contributed by atoms with Crippen LogP contribution in [0.15, 0.2) is 47.0 Å². The molecule has 0 radical (unpaired) electrons. The average Bonchev–Trinajstić information content (AvgIpc) is 2.89. The fourth-order valence-corrected chi connectivity index (χ4v) is 3.22. The van der Waals surface area contributed by atoms with Crippen molar-refractivity contribution in [2.75, 3.05) is 13.7 Å². The van der Waals surface area contributed by atoms with Crippen LogP contribution in [0.5, 0.6) is 0 Å². The van der Waals surface area contributed by atoms with Gasteiger partial charge in [0.25, 0.3) is 0 Å². The number of esters is 1. The fourth-order valence-electron chi connectivity index (χ4n) is 3.22. The van der Waals surface area contributed by atoms with Crippen LogP contribution < -0.4 is 0 Å². The molecule has 150 valence electrons. The lowest BCUT2D eigenvalue weighted by molar-refractivity contribution is -0.139. The van der Waals surface area contributed by atoms with Crippen LogP contribution in [0.2, 0.25) is 0 Å². The molecule has 5 nitrogen and oxygen atoms in total. The third kappa shape index (κ3) is 3.40. The van der Waals surface area contributed by atoms with Crippen molar-refractivity contribution in [2.45, 2.75) is 33.4 Å². The topological polar surface area (TPSA) is 42.0 Å². The molecule has 0 saturated carbocycles. The summed E-state index contributed by atoms with van der Waals surface area (Å²) in [6.45, 7) is 5.11. The molecule has 2 aliphatic heterocycles. The molecule has 0 bridgehead atoms. The average molecular weight is 394 g/mol. The van der Waals surface area contributed by atoms with Crippen molar-refractivity contribution in [1.82, 2.24) is 10.0 Å². The first-order valence-corrected chi connectivity index (χ1v) is 8.85. The number of carbonyl (C=O) groups excluding carboxylic acids is 1. The van der Waals surface area contributed by atoms with Crippen molar-refractivity contribution < 1.29 is 27.4 Å². The van der Waals surface area contributed by atoms with Crippen molar-refractivity contribution in [3.05, 3.63) is 70.0 Å². The van der Waals surface area contributed by atoms with Gasteiger partial charge in [0.2, 0.25) is 5.88 Å². The van der Waals surface area contributed by atoms with Crippen LogP contribution in [0.1, 0.15) is 26.3 Å². The number of likely N-dealkylation sites (N-methyl/N-ethyl adjacent to an activating group) is 1. The molecule has 1 atom stereocenters. The number of hydrogen-bond acceptors (Lipinski definition) is 5. The molecule has 0 spiro atoms.